The lowest BCUT2D eigenvalue weighted by atomic mass is 9.93. The van der Waals surface area contributed by atoms with Crippen LogP contribution in [0.25, 0.3) is 5.65 Å². The van der Waals surface area contributed by atoms with Gasteiger partial charge in [-0.3, -0.25) is 19.3 Å². The molecule has 2 aliphatic carbocycles. The van der Waals surface area contributed by atoms with Crippen LogP contribution < -0.4 is 15.8 Å². The Balaban J connectivity index is 1.19. The lowest BCUT2D eigenvalue weighted by Gasteiger charge is -2.27. The third-order valence-corrected chi connectivity index (χ3v) is 8.57. The summed E-state index contributed by atoms with van der Waals surface area (Å²) in [6, 6.07) is 9.89. The van der Waals surface area contributed by atoms with E-state index in [0.717, 1.165) is 42.1 Å². The number of imidazole rings is 1. The lowest BCUT2D eigenvalue weighted by molar-refractivity contribution is 0.0937. The number of hydrogen-bond acceptors (Lipinski definition) is 6. The zero-order chi connectivity index (χ0) is 26.0. The number of anilines is 1. The Morgan fingerprint density at radius 2 is 1.92 bits per heavy atom. The molecule has 4 aromatic rings. The monoisotopic (exact) mass is 512 g/mol. The van der Waals surface area contributed by atoms with Crippen LogP contribution in [0, 0.1) is 6.92 Å². The van der Waals surface area contributed by atoms with Crippen LogP contribution in [-0.2, 0) is 7.05 Å². The first-order valence-corrected chi connectivity index (χ1v) is 13.6. The molecule has 5 heterocycles. The number of rotatable bonds is 6. The van der Waals surface area contributed by atoms with Gasteiger partial charge in [0.25, 0.3) is 11.5 Å². The Morgan fingerprint density at radius 1 is 1.08 bits per heavy atom. The number of hydrogen-bond donors (Lipinski definition) is 1. The summed E-state index contributed by atoms with van der Waals surface area (Å²) in [5, 5.41) is 8.17. The highest BCUT2D eigenvalue weighted by molar-refractivity contribution is 5.95. The van der Waals surface area contributed by atoms with Gasteiger partial charge in [0, 0.05) is 37.4 Å². The van der Waals surface area contributed by atoms with Gasteiger partial charge in [0.2, 0.25) is 0 Å². The Labute approximate surface area is 220 Å². The first kappa shape index (κ1) is 23.2. The van der Waals surface area contributed by atoms with E-state index in [-0.39, 0.29) is 35.2 Å². The number of nitrogens with one attached hydrogen (secondary N) is 1. The van der Waals surface area contributed by atoms with Gasteiger partial charge in [-0.25, -0.2) is 14.2 Å². The number of pyridine rings is 1. The molecular formula is C28H32N8O2. The van der Waals surface area contributed by atoms with Gasteiger partial charge >= 0.3 is 0 Å². The topological polar surface area (TPSA) is 102 Å². The van der Waals surface area contributed by atoms with Crippen LogP contribution in [0.1, 0.15) is 84.0 Å². The van der Waals surface area contributed by atoms with Crippen molar-refractivity contribution in [1.29, 1.82) is 0 Å². The maximum atomic E-state index is 13.5. The molecule has 10 heteroatoms. The Morgan fingerprint density at radius 3 is 2.63 bits per heavy atom. The molecule has 1 amide bonds. The van der Waals surface area contributed by atoms with Gasteiger partial charge in [0.05, 0.1) is 29.7 Å². The molecule has 10 nitrogen and oxygen atoms in total. The number of fused-ring (bicyclic) bond motifs is 1. The predicted molar refractivity (Wildman–Crippen MR) is 142 cm³/mol. The number of aromatic nitrogens is 6. The van der Waals surface area contributed by atoms with Crippen LogP contribution in [0.2, 0.25) is 0 Å². The van der Waals surface area contributed by atoms with Gasteiger partial charge in [0.15, 0.2) is 5.65 Å². The summed E-state index contributed by atoms with van der Waals surface area (Å²) in [5.74, 6) is 1.05. The van der Waals surface area contributed by atoms with E-state index in [1.807, 2.05) is 59.7 Å². The normalized spacial score (nSPS) is 21.7. The second kappa shape index (κ2) is 8.82. The number of amides is 1. The average molecular weight is 513 g/mol. The highest BCUT2D eigenvalue weighted by Crippen LogP contribution is 2.40. The molecule has 1 N–H and O–H groups in total. The van der Waals surface area contributed by atoms with Crippen molar-refractivity contribution in [2.75, 3.05) is 11.4 Å². The molecule has 1 aliphatic heterocycles. The van der Waals surface area contributed by atoms with Crippen LogP contribution in [0.4, 0.5) is 5.82 Å². The van der Waals surface area contributed by atoms with Crippen LogP contribution in [-0.4, -0.2) is 47.4 Å². The zero-order valence-corrected chi connectivity index (χ0v) is 21.7. The second-order valence-corrected chi connectivity index (χ2v) is 11.0. The van der Waals surface area contributed by atoms with Crippen LogP contribution >= 0.6 is 0 Å². The molecule has 38 heavy (non-hydrogen) atoms. The molecule has 2 atom stereocenters. The molecule has 3 fully saturated rings. The van der Waals surface area contributed by atoms with E-state index in [2.05, 4.69) is 20.2 Å². The molecule has 0 unspecified atom stereocenters. The summed E-state index contributed by atoms with van der Waals surface area (Å²) < 4.78 is 5.57. The molecule has 196 valence electrons. The van der Waals surface area contributed by atoms with E-state index < -0.39 is 0 Å². The van der Waals surface area contributed by atoms with Gasteiger partial charge in [-0.05, 0) is 69.7 Å². The van der Waals surface area contributed by atoms with Crippen molar-refractivity contribution in [3.05, 3.63) is 75.7 Å². The fraction of sp³-hybridized carbons (Fsp3) is 0.464. The largest absolute Gasteiger partial charge is 0.347 e. The van der Waals surface area contributed by atoms with Crippen molar-refractivity contribution >= 4 is 17.4 Å². The molecule has 0 bridgehead atoms. The third kappa shape index (κ3) is 3.73. The Kier molecular flexibility index (Phi) is 5.38. The van der Waals surface area contributed by atoms with Crippen molar-refractivity contribution in [3.63, 3.8) is 0 Å². The van der Waals surface area contributed by atoms with Crippen LogP contribution in [0.15, 0.2) is 47.5 Å². The highest BCUT2D eigenvalue weighted by atomic mass is 16.2. The predicted octanol–water partition coefficient (Wildman–Crippen LogP) is 3.29. The summed E-state index contributed by atoms with van der Waals surface area (Å²) in [7, 11) is 1.87. The molecule has 3 aliphatic rings. The van der Waals surface area contributed by atoms with Crippen molar-refractivity contribution in [3.8, 4) is 0 Å². The Hall–Kier alpha value is -3.95. The van der Waals surface area contributed by atoms with Gasteiger partial charge in [-0.15, -0.1) is 5.10 Å². The quantitative estimate of drug-likeness (QED) is 0.425. The van der Waals surface area contributed by atoms with Gasteiger partial charge in [-0.2, -0.15) is 0 Å². The summed E-state index contributed by atoms with van der Waals surface area (Å²) in [4.78, 5) is 38.1. The second-order valence-electron chi connectivity index (χ2n) is 11.0. The van der Waals surface area contributed by atoms with Gasteiger partial charge in [-0.1, -0.05) is 6.07 Å². The maximum absolute atomic E-state index is 13.5. The summed E-state index contributed by atoms with van der Waals surface area (Å²) >= 11 is 0. The van der Waals surface area contributed by atoms with Crippen molar-refractivity contribution in [2.45, 2.75) is 69.5 Å². The van der Waals surface area contributed by atoms with Gasteiger partial charge in [0.1, 0.15) is 11.4 Å². The average Bonchev–Trinajstić information content (AvgIpc) is 3.44. The molecular weight excluding hydrogens is 480 g/mol. The molecule has 1 saturated heterocycles. The molecule has 4 aromatic heterocycles. The SMILES string of the molecule is Cc1c(C(=O)N[C@H]2C[C@H](c3ccccn3)N(c3ccc4ncc(C5CC5)n4n3)C2)c(=O)n(C2CCC2)n1C. The summed E-state index contributed by atoms with van der Waals surface area (Å²) in [5.41, 5.74) is 3.69. The Bertz CT molecular complexity index is 1580. The first-order chi connectivity index (χ1) is 18.5. The van der Waals surface area contributed by atoms with Crippen LogP contribution in [0.3, 0.4) is 0 Å². The van der Waals surface area contributed by atoms with Crippen molar-refractivity contribution in [1.82, 2.24) is 34.3 Å². The van der Waals surface area contributed by atoms with E-state index >= 15 is 0 Å². The van der Waals surface area contributed by atoms with E-state index in [1.54, 1.807) is 10.9 Å². The minimum atomic E-state index is -0.304. The van der Waals surface area contributed by atoms with E-state index in [0.29, 0.717) is 24.6 Å². The molecule has 0 aromatic carbocycles. The summed E-state index contributed by atoms with van der Waals surface area (Å²) in [6.45, 7) is 2.42. The standard InChI is InChI=1S/C28H32N8O2/c1-17-26(28(38)36(33(17)2)20-6-5-7-20)27(37)31-19-14-22(21-8-3-4-13-29-21)34(16-19)25-12-11-24-30-15-23(18-9-10-18)35(24)32-25/h3-4,8,11-13,15,18-20,22H,5-7,9-10,14,16H2,1-2H3,(H,31,37)/t19-,22+/m0/s1. The smallest absolute Gasteiger partial charge is 0.280 e. The number of carbonyl (C=O) groups is 1. The third-order valence-electron chi connectivity index (χ3n) is 8.57. The molecule has 0 spiro atoms. The number of carbonyl (C=O) groups excluding carboxylic acids is 1. The van der Waals surface area contributed by atoms with Gasteiger partial charge < -0.3 is 10.2 Å². The van der Waals surface area contributed by atoms with E-state index in [4.69, 9.17) is 5.10 Å². The molecule has 7 rings (SSSR count). The minimum absolute atomic E-state index is 0.0529. The molecule has 2 saturated carbocycles. The van der Waals surface area contributed by atoms with E-state index in [9.17, 15) is 9.59 Å². The maximum Gasteiger partial charge on any atom is 0.280 e. The van der Waals surface area contributed by atoms with Crippen LogP contribution in [0.5, 0.6) is 0 Å². The number of nitrogens with zero attached hydrogens (tertiary/aromatic N) is 7. The minimum Gasteiger partial charge on any atom is -0.347 e. The fourth-order valence-corrected chi connectivity index (χ4v) is 6.03. The van der Waals surface area contributed by atoms with E-state index in [1.165, 1.54) is 12.8 Å². The lowest BCUT2D eigenvalue weighted by Crippen LogP contribution is -2.40. The first-order valence-electron chi connectivity index (χ1n) is 13.6. The van der Waals surface area contributed by atoms with Crippen molar-refractivity contribution < 1.29 is 4.79 Å². The molecule has 0 radical (unpaired) electrons. The van der Waals surface area contributed by atoms with Crippen molar-refractivity contribution in [2.24, 2.45) is 7.05 Å². The summed E-state index contributed by atoms with van der Waals surface area (Å²) in [6.07, 6.45) is 9.85. The fourth-order valence-electron chi connectivity index (χ4n) is 6.03. The highest BCUT2D eigenvalue weighted by Gasteiger charge is 2.37. The zero-order valence-electron chi connectivity index (χ0n) is 21.7.